The van der Waals surface area contributed by atoms with Crippen molar-refractivity contribution in [3.63, 3.8) is 0 Å². The first kappa shape index (κ1) is 10.2. The van der Waals surface area contributed by atoms with Crippen LogP contribution in [-0.2, 0) is 0 Å². The summed E-state index contributed by atoms with van der Waals surface area (Å²) >= 11 is 1.73. The van der Waals surface area contributed by atoms with Gasteiger partial charge in [0.05, 0.1) is 10.6 Å². The first-order valence-electron chi connectivity index (χ1n) is 5.49. The van der Waals surface area contributed by atoms with E-state index in [-0.39, 0.29) is 0 Å². The fraction of sp³-hybridized carbons (Fsp3) is 0. The van der Waals surface area contributed by atoms with E-state index in [2.05, 4.69) is 46.8 Å². The summed E-state index contributed by atoms with van der Waals surface area (Å²) in [6.07, 6.45) is 1.84. The number of hydrogen-bond donors (Lipinski definition) is 0. The molecule has 3 aromatic rings. The molecular weight excluding hydrogens is 226 g/mol. The van der Waals surface area contributed by atoms with Gasteiger partial charge in [-0.05, 0) is 29.1 Å². The topological polar surface area (TPSA) is 12.9 Å². The molecule has 0 fully saturated rings. The van der Waals surface area contributed by atoms with E-state index in [4.69, 9.17) is 0 Å². The average Bonchev–Trinajstić information content (AvgIpc) is 2.90. The minimum Gasteiger partial charge on any atom is -0.255 e. The van der Waals surface area contributed by atoms with Crippen molar-refractivity contribution in [2.75, 3.05) is 0 Å². The van der Waals surface area contributed by atoms with E-state index in [0.29, 0.717) is 0 Å². The van der Waals surface area contributed by atoms with Gasteiger partial charge in [0.2, 0.25) is 0 Å². The van der Waals surface area contributed by atoms with Crippen LogP contribution in [0.4, 0.5) is 0 Å². The first-order chi connectivity index (χ1) is 8.45. The highest BCUT2D eigenvalue weighted by Gasteiger charge is 2.08. The van der Waals surface area contributed by atoms with E-state index >= 15 is 0 Å². The Hall–Kier alpha value is -1.93. The number of hydrogen-bond acceptors (Lipinski definition) is 2. The molecule has 0 N–H and O–H groups in total. The Bertz CT molecular complexity index is 545. The van der Waals surface area contributed by atoms with Crippen molar-refractivity contribution in [1.82, 2.24) is 4.98 Å². The van der Waals surface area contributed by atoms with Crippen LogP contribution in [0.5, 0.6) is 0 Å². The average molecular weight is 237 g/mol. The summed E-state index contributed by atoms with van der Waals surface area (Å²) in [7, 11) is 0. The Balaban J connectivity index is 2.13. The number of nitrogens with zero attached hydrogens (tertiary/aromatic N) is 1. The molecule has 0 aliphatic heterocycles. The van der Waals surface area contributed by atoms with Crippen molar-refractivity contribution in [1.29, 1.82) is 0 Å². The third-order valence-corrected chi connectivity index (χ3v) is 3.58. The molecule has 82 valence electrons. The molecule has 0 spiro atoms. The van der Waals surface area contributed by atoms with Gasteiger partial charge in [-0.15, -0.1) is 11.3 Å². The summed E-state index contributed by atoms with van der Waals surface area (Å²) in [4.78, 5) is 5.65. The highest BCUT2D eigenvalue weighted by atomic mass is 32.1. The molecule has 0 aliphatic carbocycles. The Kier molecular flexibility index (Phi) is 2.72. The molecule has 1 nitrogen and oxygen atoms in total. The van der Waals surface area contributed by atoms with Crippen LogP contribution in [0.15, 0.2) is 66.2 Å². The number of benzene rings is 1. The van der Waals surface area contributed by atoms with Gasteiger partial charge >= 0.3 is 0 Å². The van der Waals surface area contributed by atoms with E-state index in [1.54, 1.807) is 11.3 Å². The van der Waals surface area contributed by atoms with Crippen LogP contribution in [0.25, 0.3) is 21.7 Å². The number of thiophene rings is 1. The lowest BCUT2D eigenvalue weighted by atomic mass is 10.1. The third kappa shape index (κ3) is 1.99. The van der Waals surface area contributed by atoms with Gasteiger partial charge in [-0.3, -0.25) is 4.98 Å². The van der Waals surface area contributed by atoms with Gasteiger partial charge in [0.1, 0.15) is 0 Å². The second kappa shape index (κ2) is 4.52. The number of rotatable bonds is 2. The standard InChI is InChI=1S/C15H11NS/c1-2-6-12(7-3-1)13-9-11-17-15(13)14-8-4-5-10-16-14/h1-11H. The summed E-state index contributed by atoms with van der Waals surface area (Å²) in [5.41, 5.74) is 3.55. The molecular formula is C15H11NS. The molecule has 0 saturated heterocycles. The van der Waals surface area contributed by atoms with E-state index in [0.717, 1.165) is 5.69 Å². The van der Waals surface area contributed by atoms with Gasteiger partial charge in [0.15, 0.2) is 0 Å². The van der Waals surface area contributed by atoms with Crippen molar-refractivity contribution >= 4 is 11.3 Å². The van der Waals surface area contributed by atoms with Crippen molar-refractivity contribution < 1.29 is 0 Å². The van der Waals surface area contributed by atoms with E-state index in [1.165, 1.54) is 16.0 Å². The van der Waals surface area contributed by atoms with Crippen LogP contribution >= 0.6 is 11.3 Å². The summed E-state index contributed by atoms with van der Waals surface area (Å²) < 4.78 is 0. The van der Waals surface area contributed by atoms with Gasteiger partial charge in [-0.25, -0.2) is 0 Å². The summed E-state index contributed by atoms with van der Waals surface area (Å²) in [5.74, 6) is 0. The summed E-state index contributed by atoms with van der Waals surface area (Å²) in [6, 6.07) is 18.6. The molecule has 17 heavy (non-hydrogen) atoms. The fourth-order valence-electron chi connectivity index (χ4n) is 1.85. The lowest BCUT2D eigenvalue weighted by Crippen LogP contribution is -1.81. The lowest BCUT2D eigenvalue weighted by Gasteiger charge is -2.03. The number of pyridine rings is 1. The minimum atomic E-state index is 1.04. The van der Waals surface area contributed by atoms with Crippen LogP contribution < -0.4 is 0 Å². The Morgan fingerprint density at radius 1 is 0.824 bits per heavy atom. The van der Waals surface area contributed by atoms with Crippen molar-refractivity contribution in [3.05, 3.63) is 66.2 Å². The molecule has 0 radical (unpaired) electrons. The van der Waals surface area contributed by atoms with Gasteiger partial charge in [-0.1, -0.05) is 36.4 Å². The Morgan fingerprint density at radius 2 is 1.65 bits per heavy atom. The zero-order valence-corrected chi connectivity index (χ0v) is 10.0. The van der Waals surface area contributed by atoms with Crippen LogP contribution in [0.3, 0.4) is 0 Å². The smallest absolute Gasteiger partial charge is 0.0807 e. The monoisotopic (exact) mass is 237 g/mol. The molecule has 2 heterocycles. The molecule has 0 bridgehead atoms. The highest BCUT2D eigenvalue weighted by Crippen LogP contribution is 2.35. The predicted octanol–water partition coefficient (Wildman–Crippen LogP) is 4.48. The van der Waals surface area contributed by atoms with Crippen LogP contribution in [0, 0.1) is 0 Å². The largest absolute Gasteiger partial charge is 0.255 e. The van der Waals surface area contributed by atoms with Crippen LogP contribution in [0.2, 0.25) is 0 Å². The fourth-order valence-corrected chi connectivity index (χ4v) is 2.74. The maximum atomic E-state index is 4.42. The lowest BCUT2D eigenvalue weighted by molar-refractivity contribution is 1.34. The zero-order chi connectivity index (χ0) is 11.5. The molecule has 0 amide bonds. The first-order valence-corrected chi connectivity index (χ1v) is 6.37. The van der Waals surface area contributed by atoms with Crippen LogP contribution in [-0.4, -0.2) is 4.98 Å². The number of aromatic nitrogens is 1. The quantitative estimate of drug-likeness (QED) is 0.640. The molecule has 2 heteroatoms. The van der Waals surface area contributed by atoms with Gasteiger partial charge in [-0.2, -0.15) is 0 Å². The van der Waals surface area contributed by atoms with Gasteiger partial charge in [0.25, 0.3) is 0 Å². The second-order valence-corrected chi connectivity index (χ2v) is 4.66. The molecule has 2 aromatic heterocycles. The van der Waals surface area contributed by atoms with Crippen molar-refractivity contribution in [2.45, 2.75) is 0 Å². The normalized spacial score (nSPS) is 10.4. The predicted molar refractivity (Wildman–Crippen MR) is 73.0 cm³/mol. The van der Waals surface area contributed by atoms with Crippen LogP contribution in [0.1, 0.15) is 0 Å². The van der Waals surface area contributed by atoms with E-state index in [9.17, 15) is 0 Å². The maximum absolute atomic E-state index is 4.42. The third-order valence-electron chi connectivity index (χ3n) is 2.65. The minimum absolute atomic E-state index is 1.04. The molecule has 1 aromatic carbocycles. The highest BCUT2D eigenvalue weighted by molar-refractivity contribution is 7.14. The SMILES string of the molecule is c1ccc(-c2ccsc2-c2ccccn2)cc1. The molecule has 0 saturated carbocycles. The Morgan fingerprint density at radius 3 is 2.41 bits per heavy atom. The van der Waals surface area contributed by atoms with E-state index < -0.39 is 0 Å². The second-order valence-electron chi connectivity index (χ2n) is 3.74. The Labute approximate surface area is 104 Å². The summed E-state index contributed by atoms with van der Waals surface area (Å²) in [5, 5.41) is 2.12. The maximum Gasteiger partial charge on any atom is 0.0807 e. The van der Waals surface area contributed by atoms with Crippen molar-refractivity contribution in [2.24, 2.45) is 0 Å². The van der Waals surface area contributed by atoms with Crippen molar-refractivity contribution in [3.8, 4) is 21.7 Å². The zero-order valence-electron chi connectivity index (χ0n) is 9.21. The molecule has 0 atom stereocenters. The molecule has 0 aliphatic rings. The summed E-state index contributed by atoms with van der Waals surface area (Å²) in [6.45, 7) is 0. The van der Waals surface area contributed by atoms with Gasteiger partial charge in [0, 0.05) is 11.8 Å². The van der Waals surface area contributed by atoms with E-state index in [1.807, 2.05) is 24.4 Å². The molecule has 0 unspecified atom stereocenters. The molecule has 3 rings (SSSR count). The van der Waals surface area contributed by atoms with Gasteiger partial charge < -0.3 is 0 Å².